The van der Waals surface area contributed by atoms with Crippen LogP contribution in [-0.2, 0) is 5.41 Å². The number of thiophene rings is 1. The van der Waals surface area contributed by atoms with E-state index in [4.69, 9.17) is 0 Å². The highest BCUT2D eigenvalue weighted by atomic mass is 32.1. The van der Waals surface area contributed by atoms with Gasteiger partial charge in [0.2, 0.25) is 0 Å². The molecular formula is C19H15FO2S. The lowest BCUT2D eigenvalue weighted by atomic mass is 9.82. The lowest BCUT2D eigenvalue weighted by Gasteiger charge is -2.21. The van der Waals surface area contributed by atoms with E-state index < -0.39 is 0 Å². The molecule has 0 bridgehead atoms. The van der Waals surface area contributed by atoms with Gasteiger partial charge in [0.1, 0.15) is 11.6 Å². The first-order valence-electron chi connectivity index (χ1n) is 7.42. The molecule has 0 amide bonds. The van der Waals surface area contributed by atoms with Crippen molar-refractivity contribution in [3.05, 3.63) is 52.2 Å². The van der Waals surface area contributed by atoms with E-state index in [0.717, 1.165) is 31.8 Å². The van der Waals surface area contributed by atoms with Gasteiger partial charge in [0.15, 0.2) is 5.78 Å². The lowest BCUT2D eigenvalue weighted by molar-refractivity contribution is 0.102. The number of ketones is 1. The largest absolute Gasteiger partial charge is 0.507 e. The van der Waals surface area contributed by atoms with Crippen molar-refractivity contribution in [2.75, 3.05) is 0 Å². The van der Waals surface area contributed by atoms with Crippen molar-refractivity contribution in [1.82, 2.24) is 0 Å². The van der Waals surface area contributed by atoms with Crippen LogP contribution in [0.15, 0.2) is 30.3 Å². The average molecular weight is 326 g/mol. The van der Waals surface area contributed by atoms with Gasteiger partial charge in [0, 0.05) is 21.2 Å². The van der Waals surface area contributed by atoms with E-state index >= 15 is 0 Å². The second kappa shape index (κ2) is 4.42. The van der Waals surface area contributed by atoms with Gasteiger partial charge in [0.05, 0.1) is 4.88 Å². The number of Topliss-reactive ketones (excluding diaryl/α,β-unsaturated/α-hetero) is 1. The van der Waals surface area contributed by atoms with Gasteiger partial charge in [0.25, 0.3) is 0 Å². The number of fused-ring (bicyclic) bond motifs is 5. The summed E-state index contributed by atoms with van der Waals surface area (Å²) in [4.78, 5) is 13.5. The summed E-state index contributed by atoms with van der Waals surface area (Å²) in [5, 5.41) is 11.7. The molecule has 2 nitrogen and oxygen atoms in total. The van der Waals surface area contributed by atoms with Crippen LogP contribution in [0, 0.1) is 5.82 Å². The third-order valence-corrected chi connectivity index (χ3v) is 5.98. The Labute approximate surface area is 137 Å². The third kappa shape index (κ3) is 1.81. The Morgan fingerprint density at radius 1 is 1.13 bits per heavy atom. The summed E-state index contributed by atoms with van der Waals surface area (Å²) in [6, 6.07) is 8.16. The Morgan fingerprint density at radius 2 is 1.87 bits per heavy atom. The van der Waals surface area contributed by atoms with Crippen molar-refractivity contribution in [1.29, 1.82) is 0 Å². The lowest BCUT2D eigenvalue weighted by Crippen LogP contribution is -2.14. The molecule has 1 aromatic heterocycles. The first kappa shape index (κ1) is 14.4. The molecule has 4 heteroatoms. The second-order valence-electron chi connectivity index (χ2n) is 6.54. The molecule has 0 aliphatic heterocycles. The van der Waals surface area contributed by atoms with E-state index in [1.165, 1.54) is 23.5 Å². The minimum atomic E-state index is -0.374. The van der Waals surface area contributed by atoms with Gasteiger partial charge < -0.3 is 5.11 Å². The summed E-state index contributed by atoms with van der Waals surface area (Å²) in [7, 11) is 0. The number of halogens is 1. The Kier molecular flexibility index (Phi) is 2.77. The van der Waals surface area contributed by atoms with Crippen LogP contribution in [0.4, 0.5) is 4.39 Å². The minimum Gasteiger partial charge on any atom is -0.507 e. The number of hydrogen-bond acceptors (Lipinski definition) is 3. The van der Waals surface area contributed by atoms with E-state index in [0.29, 0.717) is 5.39 Å². The Balaban J connectivity index is 2.16. The van der Waals surface area contributed by atoms with Gasteiger partial charge in [-0.1, -0.05) is 19.9 Å². The standard InChI is InChI=1S/C19H15FO2S/c1-9(21)16-8-14-18(23-16)17-11-5-4-10(20)6-12(11)15(22)7-13(17)19(14,2)3/h4-8,22H,1-3H3. The van der Waals surface area contributed by atoms with E-state index in [1.54, 1.807) is 19.1 Å². The number of hydrogen-bond donors (Lipinski definition) is 1. The highest BCUT2D eigenvalue weighted by Crippen LogP contribution is 2.55. The topological polar surface area (TPSA) is 37.3 Å². The average Bonchev–Trinajstić information content (AvgIpc) is 3.00. The van der Waals surface area contributed by atoms with Gasteiger partial charge in [-0.2, -0.15) is 0 Å². The first-order valence-corrected chi connectivity index (χ1v) is 8.23. The summed E-state index contributed by atoms with van der Waals surface area (Å²) >= 11 is 1.48. The molecule has 1 N–H and O–H groups in total. The van der Waals surface area contributed by atoms with E-state index in [2.05, 4.69) is 13.8 Å². The monoisotopic (exact) mass is 326 g/mol. The van der Waals surface area contributed by atoms with Gasteiger partial charge in [-0.25, -0.2) is 4.39 Å². The predicted molar refractivity (Wildman–Crippen MR) is 91.0 cm³/mol. The van der Waals surface area contributed by atoms with Crippen LogP contribution in [-0.4, -0.2) is 10.9 Å². The van der Waals surface area contributed by atoms with Crippen LogP contribution < -0.4 is 0 Å². The van der Waals surface area contributed by atoms with E-state index in [-0.39, 0.29) is 22.8 Å². The molecule has 4 rings (SSSR count). The summed E-state index contributed by atoms with van der Waals surface area (Å²) in [5.41, 5.74) is 2.83. The van der Waals surface area contributed by atoms with Crippen molar-refractivity contribution in [2.24, 2.45) is 0 Å². The molecular weight excluding hydrogens is 311 g/mol. The molecule has 116 valence electrons. The van der Waals surface area contributed by atoms with Crippen LogP contribution in [0.25, 0.3) is 21.2 Å². The molecule has 1 aliphatic carbocycles. The normalized spacial score (nSPS) is 14.8. The van der Waals surface area contributed by atoms with Crippen molar-refractivity contribution < 1.29 is 14.3 Å². The van der Waals surface area contributed by atoms with Crippen LogP contribution in [0.1, 0.15) is 41.6 Å². The second-order valence-corrected chi connectivity index (χ2v) is 7.59. The first-order chi connectivity index (χ1) is 10.8. The molecule has 0 fully saturated rings. The number of aromatic hydroxyl groups is 1. The molecule has 0 spiro atoms. The van der Waals surface area contributed by atoms with Crippen LogP contribution in [0.5, 0.6) is 5.75 Å². The molecule has 0 saturated heterocycles. The number of carbonyl (C=O) groups is 1. The Hall–Kier alpha value is -2.20. The Morgan fingerprint density at radius 3 is 2.57 bits per heavy atom. The fourth-order valence-electron chi connectivity index (χ4n) is 3.48. The van der Waals surface area contributed by atoms with Gasteiger partial charge in [-0.3, -0.25) is 4.79 Å². The van der Waals surface area contributed by atoms with Crippen LogP contribution >= 0.6 is 11.3 Å². The van der Waals surface area contributed by atoms with Crippen molar-refractivity contribution in [3.8, 4) is 16.2 Å². The van der Waals surface area contributed by atoms with Gasteiger partial charge in [-0.05, 0) is 47.7 Å². The summed E-state index contributed by atoms with van der Waals surface area (Å²) in [6.45, 7) is 5.74. The quantitative estimate of drug-likeness (QED) is 0.620. The maximum absolute atomic E-state index is 13.6. The molecule has 23 heavy (non-hydrogen) atoms. The van der Waals surface area contributed by atoms with Crippen molar-refractivity contribution in [2.45, 2.75) is 26.2 Å². The van der Waals surface area contributed by atoms with Crippen LogP contribution in [0.2, 0.25) is 0 Å². The summed E-state index contributed by atoms with van der Waals surface area (Å²) in [6.07, 6.45) is 0. The number of benzene rings is 2. The summed E-state index contributed by atoms with van der Waals surface area (Å²) < 4.78 is 13.6. The highest BCUT2D eigenvalue weighted by molar-refractivity contribution is 7.17. The number of rotatable bonds is 1. The number of carbonyl (C=O) groups excluding carboxylic acids is 1. The molecule has 1 aliphatic rings. The molecule has 0 radical (unpaired) electrons. The summed E-state index contributed by atoms with van der Waals surface area (Å²) in [5.74, 6) is -0.231. The molecule has 0 atom stereocenters. The van der Waals surface area contributed by atoms with E-state index in [9.17, 15) is 14.3 Å². The fourth-order valence-corrected chi connectivity index (χ4v) is 4.76. The smallest absolute Gasteiger partial charge is 0.169 e. The highest BCUT2D eigenvalue weighted by Gasteiger charge is 2.39. The maximum Gasteiger partial charge on any atom is 0.169 e. The number of phenols is 1. The SMILES string of the molecule is CC(=O)c1cc2c(s1)-c1c(cc(O)c3cc(F)ccc13)C2(C)C. The Bertz CT molecular complexity index is 998. The zero-order chi connectivity index (χ0) is 16.5. The van der Waals surface area contributed by atoms with Gasteiger partial charge in [-0.15, -0.1) is 11.3 Å². The van der Waals surface area contributed by atoms with E-state index in [1.807, 2.05) is 6.07 Å². The molecule has 0 unspecified atom stereocenters. The predicted octanol–water partition coefficient (Wildman–Crippen LogP) is 5.25. The molecule has 3 aromatic rings. The zero-order valence-corrected chi connectivity index (χ0v) is 13.8. The van der Waals surface area contributed by atoms with Crippen LogP contribution in [0.3, 0.4) is 0 Å². The molecule has 1 heterocycles. The minimum absolute atomic E-state index is 0.0517. The maximum atomic E-state index is 13.6. The molecule has 2 aromatic carbocycles. The zero-order valence-electron chi connectivity index (χ0n) is 13.0. The number of phenolic OH excluding ortho intramolecular Hbond substituents is 1. The third-order valence-electron chi connectivity index (χ3n) is 4.73. The molecule has 0 saturated carbocycles. The van der Waals surface area contributed by atoms with Gasteiger partial charge >= 0.3 is 0 Å². The van der Waals surface area contributed by atoms with Crippen molar-refractivity contribution in [3.63, 3.8) is 0 Å². The fraction of sp³-hybridized carbons (Fsp3) is 0.211. The van der Waals surface area contributed by atoms with Crippen molar-refractivity contribution >= 4 is 27.9 Å².